The molecule has 0 bridgehead atoms. The molecule has 4 rings (SSSR count). The molecule has 3 aromatic rings. The summed E-state index contributed by atoms with van der Waals surface area (Å²) in [5.41, 5.74) is 1.59. The van der Waals surface area contributed by atoms with Gasteiger partial charge in [-0.25, -0.2) is 8.42 Å². The molecule has 1 saturated heterocycles. The van der Waals surface area contributed by atoms with E-state index >= 15 is 0 Å². The number of H-pyrrole nitrogens is 1. The van der Waals surface area contributed by atoms with Crippen LogP contribution in [-0.2, 0) is 10.0 Å². The number of methoxy groups -OCH3 is 2. The van der Waals surface area contributed by atoms with Gasteiger partial charge in [-0.05, 0) is 25.1 Å². The van der Waals surface area contributed by atoms with Crippen LogP contribution >= 0.6 is 0 Å². The maximum atomic E-state index is 13.1. The molecular weight excluding hydrogens is 430 g/mol. The maximum Gasteiger partial charge on any atom is 0.243 e. The number of carbonyl (C=O) groups excluding carboxylic acids is 1. The number of benzene rings is 2. The second-order valence-electron chi connectivity index (χ2n) is 7.75. The third-order valence-electron chi connectivity index (χ3n) is 6.05. The molecule has 1 aliphatic rings. The molecule has 1 aliphatic heterocycles. The zero-order chi connectivity index (χ0) is 22.9. The summed E-state index contributed by atoms with van der Waals surface area (Å²) in [5, 5.41) is 0.902. The molecule has 0 radical (unpaired) electrons. The van der Waals surface area contributed by atoms with Gasteiger partial charge in [-0.2, -0.15) is 4.31 Å². The topological polar surface area (TPSA) is 91.9 Å². The number of hydrogen-bond donors (Lipinski definition) is 1. The fraction of sp³-hybridized carbons (Fsp3) is 0.348. The first kappa shape index (κ1) is 22.3. The third kappa shape index (κ3) is 3.99. The van der Waals surface area contributed by atoms with Crippen LogP contribution < -0.4 is 9.47 Å². The van der Waals surface area contributed by atoms with Gasteiger partial charge in [0.05, 0.1) is 25.2 Å². The molecule has 1 fully saturated rings. The van der Waals surface area contributed by atoms with Crippen LogP contribution in [0, 0.1) is 0 Å². The van der Waals surface area contributed by atoms with E-state index in [0.29, 0.717) is 43.2 Å². The lowest BCUT2D eigenvalue weighted by Gasteiger charge is -2.36. The second kappa shape index (κ2) is 8.93. The summed E-state index contributed by atoms with van der Waals surface area (Å²) in [6.07, 6.45) is 1.75. The molecule has 0 spiro atoms. The zero-order valence-corrected chi connectivity index (χ0v) is 19.2. The second-order valence-corrected chi connectivity index (χ2v) is 9.68. The number of Topliss-reactive ketones (excluding diaryl/α,β-unsaturated/α-hetero) is 1. The van der Waals surface area contributed by atoms with Crippen molar-refractivity contribution in [2.45, 2.75) is 17.9 Å². The number of piperazine rings is 1. The zero-order valence-electron chi connectivity index (χ0n) is 18.4. The van der Waals surface area contributed by atoms with Gasteiger partial charge in [0.25, 0.3) is 0 Å². The molecule has 1 aromatic heterocycles. The van der Waals surface area contributed by atoms with Crippen LogP contribution in [0.4, 0.5) is 0 Å². The van der Waals surface area contributed by atoms with Crippen molar-refractivity contribution in [3.05, 3.63) is 54.2 Å². The Kier molecular flexibility index (Phi) is 6.23. The summed E-state index contributed by atoms with van der Waals surface area (Å²) in [4.78, 5) is 18.5. The first-order valence-electron chi connectivity index (χ1n) is 10.4. The molecule has 2 heterocycles. The summed E-state index contributed by atoms with van der Waals surface area (Å²) < 4.78 is 38.2. The van der Waals surface area contributed by atoms with Crippen molar-refractivity contribution in [1.29, 1.82) is 0 Å². The summed E-state index contributed by atoms with van der Waals surface area (Å²) in [6, 6.07) is 11.9. The van der Waals surface area contributed by atoms with Crippen molar-refractivity contribution in [3.8, 4) is 11.5 Å². The molecule has 1 atom stereocenters. The van der Waals surface area contributed by atoms with Gasteiger partial charge in [-0.15, -0.1) is 0 Å². The fourth-order valence-corrected chi connectivity index (χ4v) is 5.56. The van der Waals surface area contributed by atoms with E-state index in [0.717, 1.165) is 10.9 Å². The van der Waals surface area contributed by atoms with Crippen LogP contribution in [0.25, 0.3) is 10.9 Å². The maximum absolute atomic E-state index is 13.1. The Morgan fingerprint density at radius 1 is 1.00 bits per heavy atom. The van der Waals surface area contributed by atoms with Gasteiger partial charge in [0.2, 0.25) is 10.0 Å². The van der Waals surface area contributed by atoms with Crippen LogP contribution in [0.3, 0.4) is 0 Å². The van der Waals surface area contributed by atoms with E-state index in [1.165, 1.54) is 30.7 Å². The molecule has 2 aromatic carbocycles. The van der Waals surface area contributed by atoms with Crippen LogP contribution in [0.2, 0.25) is 0 Å². The first-order chi connectivity index (χ1) is 15.4. The van der Waals surface area contributed by atoms with E-state index in [1.807, 2.05) is 36.1 Å². The van der Waals surface area contributed by atoms with Crippen molar-refractivity contribution in [1.82, 2.24) is 14.2 Å². The minimum absolute atomic E-state index is 0.0265. The molecular formula is C23H27N3O5S. The normalized spacial score (nSPS) is 16.7. The highest BCUT2D eigenvalue weighted by Gasteiger charge is 2.33. The van der Waals surface area contributed by atoms with Crippen LogP contribution in [0.1, 0.15) is 17.3 Å². The van der Waals surface area contributed by atoms with E-state index in [-0.39, 0.29) is 16.7 Å². The molecule has 8 nitrogen and oxygen atoms in total. The van der Waals surface area contributed by atoms with Gasteiger partial charge in [0.15, 0.2) is 17.3 Å². The number of nitrogens with one attached hydrogen (secondary N) is 1. The molecule has 1 N–H and O–H groups in total. The summed E-state index contributed by atoms with van der Waals surface area (Å²) in [7, 11) is -0.705. The average Bonchev–Trinajstić information content (AvgIpc) is 3.27. The molecule has 0 amide bonds. The number of rotatable bonds is 7. The van der Waals surface area contributed by atoms with Gasteiger partial charge >= 0.3 is 0 Å². The highest BCUT2D eigenvalue weighted by Crippen LogP contribution is 2.31. The largest absolute Gasteiger partial charge is 0.493 e. The standard InChI is InChI=1S/C23H27N3O5S/c1-16(23(27)19-15-24-20-7-5-4-6-18(19)20)25-10-12-26(13-11-25)32(28,29)17-8-9-21(30-2)22(14-17)31-3/h4-9,14-16,24H,10-13H2,1-3H3. The number of hydrogen-bond acceptors (Lipinski definition) is 6. The van der Waals surface area contributed by atoms with E-state index in [2.05, 4.69) is 4.98 Å². The monoisotopic (exact) mass is 457 g/mol. The summed E-state index contributed by atoms with van der Waals surface area (Å²) in [6.45, 7) is 3.44. The lowest BCUT2D eigenvalue weighted by Crippen LogP contribution is -2.53. The van der Waals surface area contributed by atoms with Gasteiger partial charge < -0.3 is 14.5 Å². The predicted octanol–water partition coefficient (Wildman–Crippen LogP) is 2.76. The Balaban J connectivity index is 1.46. The number of ketones is 1. The number of para-hydroxylation sites is 1. The molecule has 0 saturated carbocycles. The van der Waals surface area contributed by atoms with E-state index in [1.54, 1.807) is 12.3 Å². The Labute approximate surface area is 187 Å². The number of fused-ring (bicyclic) bond motifs is 1. The Hall–Kier alpha value is -2.88. The highest BCUT2D eigenvalue weighted by molar-refractivity contribution is 7.89. The summed E-state index contributed by atoms with van der Waals surface area (Å²) >= 11 is 0. The molecule has 0 aliphatic carbocycles. The Morgan fingerprint density at radius 3 is 2.38 bits per heavy atom. The number of nitrogens with zero attached hydrogens (tertiary/aromatic N) is 2. The Morgan fingerprint density at radius 2 is 1.69 bits per heavy atom. The van der Waals surface area contributed by atoms with E-state index in [9.17, 15) is 13.2 Å². The van der Waals surface area contributed by atoms with Crippen molar-refractivity contribution in [2.24, 2.45) is 0 Å². The van der Waals surface area contributed by atoms with Crippen molar-refractivity contribution < 1.29 is 22.7 Å². The van der Waals surface area contributed by atoms with E-state index in [4.69, 9.17) is 9.47 Å². The number of aromatic nitrogens is 1. The lowest BCUT2D eigenvalue weighted by molar-refractivity contribution is 0.0784. The SMILES string of the molecule is COc1ccc(S(=O)(=O)N2CCN(C(C)C(=O)c3c[nH]c4ccccc34)CC2)cc1OC. The first-order valence-corrected chi connectivity index (χ1v) is 11.9. The quantitative estimate of drug-likeness (QED) is 0.549. The van der Waals surface area contributed by atoms with E-state index < -0.39 is 10.0 Å². The molecule has 9 heteroatoms. The number of ether oxygens (including phenoxy) is 2. The van der Waals surface area contributed by atoms with Gasteiger partial charge in [0, 0.05) is 54.9 Å². The van der Waals surface area contributed by atoms with Crippen LogP contribution in [0.15, 0.2) is 53.6 Å². The Bertz CT molecular complexity index is 1230. The van der Waals surface area contributed by atoms with Crippen molar-refractivity contribution >= 4 is 26.7 Å². The number of sulfonamides is 1. The number of aromatic amines is 1. The van der Waals surface area contributed by atoms with Crippen molar-refractivity contribution in [3.63, 3.8) is 0 Å². The van der Waals surface area contributed by atoms with Crippen LogP contribution in [-0.4, -0.2) is 74.8 Å². The predicted molar refractivity (Wildman–Crippen MR) is 122 cm³/mol. The minimum atomic E-state index is -3.68. The minimum Gasteiger partial charge on any atom is -0.493 e. The highest BCUT2D eigenvalue weighted by atomic mass is 32.2. The average molecular weight is 458 g/mol. The molecule has 170 valence electrons. The third-order valence-corrected chi connectivity index (χ3v) is 7.94. The fourth-order valence-electron chi connectivity index (χ4n) is 4.12. The van der Waals surface area contributed by atoms with Crippen LogP contribution in [0.5, 0.6) is 11.5 Å². The lowest BCUT2D eigenvalue weighted by atomic mass is 10.0. The molecule has 1 unspecified atom stereocenters. The molecule has 32 heavy (non-hydrogen) atoms. The number of carbonyl (C=O) groups is 1. The van der Waals surface area contributed by atoms with Gasteiger partial charge in [-0.1, -0.05) is 18.2 Å². The smallest absolute Gasteiger partial charge is 0.243 e. The van der Waals surface area contributed by atoms with Gasteiger partial charge in [-0.3, -0.25) is 9.69 Å². The van der Waals surface area contributed by atoms with Gasteiger partial charge in [0.1, 0.15) is 0 Å². The van der Waals surface area contributed by atoms with Crippen molar-refractivity contribution in [2.75, 3.05) is 40.4 Å². The summed E-state index contributed by atoms with van der Waals surface area (Å²) in [5.74, 6) is 0.865.